The van der Waals surface area contributed by atoms with E-state index in [0.29, 0.717) is 39.0 Å². The van der Waals surface area contributed by atoms with E-state index in [1.807, 2.05) is 69.4 Å². The van der Waals surface area contributed by atoms with Crippen LogP contribution < -0.4 is 9.64 Å². The molecule has 1 saturated carbocycles. The van der Waals surface area contributed by atoms with Gasteiger partial charge in [0.25, 0.3) is 0 Å². The molecule has 1 aliphatic carbocycles. The summed E-state index contributed by atoms with van der Waals surface area (Å²) in [6, 6.07) is 15.6. The Balaban J connectivity index is 1.22. The number of piperidine rings is 1. The number of anilines is 1. The molecule has 216 valence electrons. The lowest BCUT2D eigenvalue weighted by atomic mass is 9.83. The molecule has 3 aliphatic rings. The second-order valence-electron chi connectivity index (χ2n) is 11.5. The molecule has 6 rings (SSSR count). The number of nitrogens with one attached hydrogen (secondary N) is 1. The van der Waals surface area contributed by atoms with Crippen molar-refractivity contribution in [3.63, 3.8) is 0 Å². The number of alkyl halides is 2. The molecule has 8 nitrogen and oxygen atoms in total. The first-order valence-corrected chi connectivity index (χ1v) is 14.2. The molecule has 2 aliphatic heterocycles. The summed E-state index contributed by atoms with van der Waals surface area (Å²) in [5.74, 6) is -2.29. The van der Waals surface area contributed by atoms with Crippen LogP contribution in [0.15, 0.2) is 60.9 Å². The fourth-order valence-corrected chi connectivity index (χ4v) is 6.55. The molecule has 3 heterocycles. The van der Waals surface area contributed by atoms with Crippen LogP contribution in [0.1, 0.15) is 44.1 Å². The standard InChI is InChI=1S/C31H35F2N5O3/c1-41-27-4-2-3-22(17-27)20-38-29(40)37(26-7-5-23(6-8-26)25-18-34-35-19-25)21-30(38)13-15-36(16-14-30)28(39)24-9-11-31(32,33)12-10-24/h2-8,17-19,24H,9-16,20-21H2,1H3,(H,34,35). The van der Waals surface area contributed by atoms with Gasteiger partial charge in [-0.25, -0.2) is 13.6 Å². The highest BCUT2D eigenvalue weighted by Crippen LogP contribution is 2.42. The summed E-state index contributed by atoms with van der Waals surface area (Å²) in [7, 11) is 1.62. The Kier molecular flexibility index (Phi) is 7.17. The molecule has 3 aromatic rings. The van der Waals surface area contributed by atoms with Crippen molar-refractivity contribution in [3.8, 4) is 16.9 Å². The quantitative estimate of drug-likeness (QED) is 0.416. The number of halogens is 2. The van der Waals surface area contributed by atoms with Crippen molar-refractivity contribution < 1.29 is 23.1 Å². The molecule has 0 unspecified atom stereocenters. The molecule has 2 aromatic carbocycles. The maximum atomic E-state index is 14.0. The highest BCUT2D eigenvalue weighted by molar-refractivity contribution is 5.95. The number of nitrogens with zero attached hydrogens (tertiary/aromatic N) is 4. The number of aromatic nitrogens is 2. The molecule has 3 fully saturated rings. The Labute approximate surface area is 238 Å². The van der Waals surface area contributed by atoms with Gasteiger partial charge in [-0.15, -0.1) is 0 Å². The predicted molar refractivity (Wildman–Crippen MR) is 151 cm³/mol. The van der Waals surface area contributed by atoms with Gasteiger partial charge in [-0.1, -0.05) is 24.3 Å². The van der Waals surface area contributed by atoms with Gasteiger partial charge in [0.15, 0.2) is 0 Å². The topological polar surface area (TPSA) is 81.8 Å². The first kappa shape index (κ1) is 27.2. The van der Waals surface area contributed by atoms with Gasteiger partial charge in [0, 0.05) is 55.8 Å². The number of hydrogen-bond acceptors (Lipinski definition) is 4. The molecule has 2 saturated heterocycles. The lowest BCUT2D eigenvalue weighted by Gasteiger charge is -2.44. The number of rotatable bonds is 6. The van der Waals surface area contributed by atoms with Crippen molar-refractivity contribution in [3.05, 3.63) is 66.5 Å². The van der Waals surface area contributed by atoms with Crippen LogP contribution in [0.3, 0.4) is 0 Å². The van der Waals surface area contributed by atoms with Crippen molar-refractivity contribution in [1.82, 2.24) is 20.0 Å². The largest absolute Gasteiger partial charge is 0.497 e. The summed E-state index contributed by atoms with van der Waals surface area (Å²) in [4.78, 5) is 32.9. The third-order valence-corrected chi connectivity index (χ3v) is 9.04. The fraction of sp³-hybridized carbons (Fsp3) is 0.452. The summed E-state index contributed by atoms with van der Waals surface area (Å²) in [5, 5.41) is 6.84. The number of H-pyrrole nitrogens is 1. The van der Waals surface area contributed by atoms with Crippen LogP contribution in [0.2, 0.25) is 0 Å². The van der Waals surface area contributed by atoms with E-state index in [4.69, 9.17) is 4.74 Å². The Morgan fingerprint density at radius 2 is 1.78 bits per heavy atom. The first-order chi connectivity index (χ1) is 19.8. The number of likely N-dealkylation sites (tertiary alicyclic amines) is 1. The van der Waals surface area contributed by atoms with Crippen LogP contribution in [-0.2, 0) is 11.3 Å². The number of benzene rings is 2. The van der Waals surface area contributed by atoms with Gasteiger partial charge >= 0.3 is 6.03 Å². The molecule has 0 radical (unpaired) electrons. The number of ether oxygens (including phenoxy) is 1. The van der Waals surface area contributed by atoms with Gasteiger partial charge in [0.1, 0.15) is 5.75 Å². The lowest BCUT2D eigenvalue weighted by molar-refractivity contribution is -0.141. The minimum atomic E-state index is -2.66. The summed E-state index contributed by atoms with van der Waals surface area (Å²) in [6.07, 6.45) is 4.86. The second-order valence-corrected chi connectivity index (χ2v) is 11.5. The van der Waals surface area contributed by atoms with Crippen molar-refractivity contribution in [2.45, 2.75) is 56.5 Å². The van der Waals surface area contributed by atoms with E-state index < -0.39 is 11.5 Å². The van der Waals surface area contributed by atoms with Crippen LogP contribution in [0.4, 0.5) is 19.3 Å². The maximum absolute atomic E-state index is 14.0. The third kappa shape index (κ3) is 5.39. The molecule has 1 aromatic heterocycles. The summed E-state index contributed by atoms with van der Waals surface area (Å²) < 4.78 is 32.8. The number of hydrogen-bond donors (Lipinski definition) is 1. The average molecular weight is 564 g/mol. The van der Waals surface area contributed by atoms with E-state index >= 15 is 0 Å². The molecular weight excluding hydrogens is 528 g/mol. The van der Waals surface area contributed by atoms with E-state index in [2.05, 4.69) is 10.2 Å². The molecule has 41 heavy (non-hydrogen) atoms. The third-order valence-electron chi connectivity index (χ3n) is 9.04. The lowest BCUT2D eigenvalue weighted by Crippen LogP contribution is -2.56. The fourth-order valence-electron chi connectivity index (χ4n) is 6.55. The first-order valence-electron chi connectivity index (χ1n) is 14.2. The van der Waals surface area contributed by atoms with E-state index in [1.165, 1.54) is 0 Å². The van der Waals surface area contributed by atoms with Gasteiger partial charge in [-0.3, -0.25) is 14.8 Å². The van der Waals surface area contributed by atoms with E-state index in [-0.39, 0.29) is 43.5 Å². The zero-order valence-corrected chi connectivity index (χ0v) is 23.2. The smallest absolute Gasteiger partial charge is 0.325 e. The number of carbonyl (C=O) groups excluding carboxylic acids is 2. The van der Waals surface area contributed by atoms with Crippen LogP contribution in [0.5, 0.6) is 5.75 Å². The van der Waals surface area contributed by atoms with Gasteiger partial charge in [-0.2, -0.15) is 5.10 Å². The molecule has 0 atom stereocenters. The molecule has 10 heteroatoms. The predicted octanol–water partition coefficient (Wildman–Crippen LogP) is 5.71. The SMILES string of the molecule is COc1cccc(CN2C(=O)N(c3ccc(-c4cn[nH]c4)cc3)CC23CCN(C(=O)C2CCC(F)(F)CC2)CC3)c1. The number of carbonyl (C=O) groups is 2. The zero-order chi connectivity index (χ0) is 28.6. The van der Waals surface area contributed by atoms with E-state index in [9.17, 15) is 18.4 Å². The number of methoxy groups -OCH3 is 1. The molecule has 0 bridgehead atoms. The minimum absolute atomic E-state index is 0.0225. The highest BCUT2D eigenvalue weighted by Gasteiger charge is 2.52. The minimum Gasteiger partial charge on any atom is -0.497 e. The van der Waals surface area contributed by atoms with Crippen molar-refractivity contribution in [1.29, 1.82) is 0 Å². The molecular formula is C31H35F2N5O3. The highest BCUT2D eigenvalue weighted by atomic mass is 19.3. The number of urea groups is 1. The van der Waals surface area contributed by atoms with Gasteiger partial charge in [0.05, 0.1) is 25.4 Å². The number of amides is 3. The summed E-state index contributed by atoms with van der Waals surface area (Å²) in [5.41, 5.74) is 3.30. The van der Waals surface area contributed by atoms with Gasteiger partial charge in [-0.05, 0) is 61.1 Å². The monoisotopic (exact) mass is 563 g/mol. The zero-order valence-electron chi connectivity index (χ0n) is 23.2. The van der Waals surface area contributed by atoms with Crippen molar-refractivity contribution in [2.75, 3.05) is 31.6 Å². The Bertz CT molecular complexity index is 1380. The van der Waals surface area contributed by atoms with Crippen LogP contribution in [0.25, 0.3) is 11.1 Å². The normalized spacial score (nSPS) is 20.6. The Morgan fingerprint density at radius 3 is 2.44 bits per heavy atom. The van der Waals surface area contributed by atoms with Crippen molar-refractivity contribution >= 4 is 17.6 Å². The second kappa shape index (κ2) is 10.8. The number of aromatic amines is 1. The average Bonchev–Trinajstić information content (AvgIpc) is 3.62. The van der Waals surface area contributed by atoms with Crippen molar-refractivity contribution in [2.24, 2.45) is 5.92 Å². The van der Waals surface area contributed by atoms with Crippen LogP contribution >= 0.6 is 0 Å². The Hall–Kier alpha value is -3.95. The van der Waals surface area contributed by atoms with E-state index in [1.54, 1.807) is 13.3 Å². The van der Waals surface area contributed by atoms with Gasteiger partial charge < -0.3 is 14.5 Å². The maximum Gasteiger partial charge on any atom is 0.325 e. The van der Waals surface area contributed by atoms with E-state index in [0.717, 1.165) is 28.1 Å². The van der Waals surface area contributed by atoms with Crippen LogP contribution in [-0.4, -0.2) is 70.1 Å². The summed E-state index contributed by atoms with van der Waals surface area (Å²) >= 11 is 0. The Morgan fingerprint density at radius 1 is 1.05 bits per heavy atom. The molecule has 1 spiro atoms. The summed E-state index contributed by atoms with van der Waals surface area (Å²) in [6.45, 7) is 1.94. The molecule has 3 amide bonds. The molecule has 1 N–H and O–H groups in total. The van der Waals surface area contributed by atoms with Gasteiger partial charge in [0.2, 0.25) is 11.8 Å². The van der Waals surface area contributed by atoms with Crippen LogP contribution in [0, 0.1) is 5.92 Å².